The molecule has 0 saturated carbocycles. The molecular weight excluding hydrogens is 289 g/mol. The van der Waals surface area contributed by atoms with E-state index in [9.17, 15) is 4.79 Å². The Bertz CT molecular complexity index is 624. The third-order valence-corrected chi connectivity index (χ3v) is 2.77. The van der Waals surface area contributed by atoms with Gasteiger partial charge in [0.15, 0.2) is 5.69 Å². The molecule has 0 unspecified atom stereocenters. The number of benzene rings is 1. The van der Waals surface area contributed by atoms with Crippen molar-refractivity contribution >= 4 is 29.2 Å². The van der Waals surface area contributed by atoms with Crippen LogP contribution in [0.5, 0.6) is 11.6 Å². The first kappa shape index (κ1) is 13.6. The lowest BCUT2D eigenvalue weighted by Gasteiger charge is -2.07. The monoisotopic (exact) mass is 297 g/mol. The van der Waals surface area contributed by atoms with Crippen molar-refractivity contribution in [2.45, 2.75) is 6.92 Å². The highest BCUT2D eigenvalue weighted by Gasteiger charge is 2.11. The first-order valence-electron chi connectivity index (χ1n) is 5.30. The molecule has 0 aliphatic heterocycles. The van der Waals surface area contributed by atoms with E-state index in [4.69, 9.17) is 33.0 Å². The van der Waals surface area contributed by atoms with Crippen molar-refractivity contribution in [2.24, 2.45) is 0 Å². The Balaban J connectivity index is 2.33. The van der Waals surface area contributed by atoms with Crippen molar-refractivity contribution in [1.82, 2.24) is 4.98 Å². The van der Waals surface area contributed by atoms with Crippen LogP contribution in [0.4, 0.5) is 0 Å². The number of aromatic nitrogens is 1. The van der Waals surface area contributed by atoms with E-state index in [1.807, 2.05) is 0 Å². The number of aryl methyl sites for hydroxylation is 1. The Kier molecular flexibility index (Phi) is 3.93. The van der Waals surface area contributed by atoms with Gasteiger partial charge in [-0.1, -0.05) is 29.3 Å². The second kappa shape index (κ2) is 5.47. The molecule has 1 aromatic carbocycles. The molecule has 19 heavy (non-hydrogen) atoms. The van der Waals surface area contributed by atoms with E-state index in [0.29, 0.717) is 21.4 Å². The molecule has 1 heterocycles. The minimum absolute atomic E-state index is 0.0503. The average Bonchev–Trinajstić information content (AvgIpc) is 2.30. The minimum Gasteiger partial charge on any atom is -0.477 e. The zero-order valence-electron chi connectivity index (χ0n) is 9.85. The number of halogens is 2. The van der Waals surface area contributed by atoms with Gasteiger partial charge in [0, 0.05) is 16.1 Å². The van der Waals surface area contributed by atoms with Crippen molar-refractivity contribution in [3.8, 4) is 11.6 Å². The maximum absolute atomic E-state index is 11.0. The fraction of sp³-hybridized carbons (Fsp3) is 0.0769. The summed E-state index contributed by atoms with van der Waals surface area (Å²) in [5.74, 6) is -0.543. The van der Waals surface area contributed by atoms with Crippen LogP contribution < -0.4 is 4.74 Å². The molecule has 0 saturated heterocycles. The number of hydrogen-bond acceptors (Lipinski definition) is 3. The first-order valence-corrected chi connectivity index (χ1v) is 6.06. The number of pyridine rings is 1. The quantitative estimate of drug-likeness (QED) is 0.923. The predicted molar refractivity (Wildman–Crippen MR) is 72.5 cm³/mol. The van der Waals surface area contributed by atoms with Gasteiger partial charge in [-0.3, -0.25) is 0 Å². The Hall–Kier alpha value is -1.78. The zero-order valence-corrected chi connectivity index (χ0v) is 11.4. The Morgan fingerprint density at radius 3 is 2.42 bits per heavy atom. The van der Waals surface area contributed by atoms with Gasteiger partial charge in [-0.2, -0.15) is 0 Å². The SMILES string of the molecule is Cc1ccc(Oc2cc(Cl)cc(Cl)c2)nc1C(=O)O. The molecule has 1 N–H and O–H groups in total. The van der Waals surface area contributed by atoms with Gasteiger partial charge < -0.3 is 9.84 Å². The Labute approximate surface area is 119 Å². The lowest BCUT2D eigenvalue weighted by atomic mass is 10.2. The number of hydrogen-bond donors (Lipinski definition) is 1. The highest BCUT2D eigenvalue weighted by molar-refractivity contribution is 6.34. The largest absolute Gasteiger partial charge is 0.477 e. The highest BCUT2D eigenvalue weighted by Crippen LogP contribution is 2.27. The molecule has 0 amide bonds. The zero-order chi connectivity index (χ0) is 14.0. The smallest absolute Gasteiger partial charge is 0.354 e. The van der Waals surface area contributed by atoms with Crippen LogP contribution in [0.2, 0.25) is 10.0 Å². The van der Waals surface area contributed by atoms with Crippen LogP contribution in [0, 0.1) is 6.92 Å². The van der Waals surface area contributed by atoms with Crippen LogP contribution in [0.3, 0.4) is 0 Å². The highest BCUT2D eigenvalue weighted by atomic mass is 35.5. The van der Waals surface area contributed by atoms with Crippen LogP contribution >= 0.6 is 23.2 Å². The lowest BCUT2D eigenvalue weighted by Crippen LogP contribution is -2.04. The van der Waals surface area contributed by atoms with Crippen LogP contribution in [-0.4, -0.2) is 16.1 Å². The van der Waals surface area contributed by atoms with Gasteiger partial charge in [-0.05, 0) is 30.7 Å². The fourth-order valence-electron chi connectivity index (χ4n) is 1.49. The molecule has 4 nitrogen and oxygen atoms in total. The van der Waals surface area contributed by atoms with E-state index in [1.54, 1.807) is 37.3 Å². The maximum atomic E-state index is 11.0. The van der Waals surface area contributed by atoms with Crippen LogP contribution in [0.15, 0.2) is 30.3 Å². The summed E-state index contributed by atoms with van der Waals surface area (Å²) in [5, 5.41) is 9.83. The summed E-state index contributed by atoms with van der Waals surface area (Å²) in [4.78, 5) is 14.9. The number of carbonyl (C=O) groups is 1. The number of aromatic carboxylic acids is 1. The van der Waals surface area contributed by atoms with Crippen LogP contribution in [0.25, 0.3) is 0 Å². The van der Waals surface area contributed by atoms with Gasteiger partial charge in [-0.15, -0.1) is 0 Å². The molecule has 0 aliphatic carbocycles. The number of carboxylic acid groups (broad SMARTS) is 1. The van der Waals surface area contributed by atoms with Crippen molar-refractivity contribution in [2.75, 3.05) is 0 Å². The van der Waals surface area contributed by atoms with Crippen molar-refractivity contribution < 1.29 is 14.6 Å². The summed E-state index contributed by atoms with van der Waals surface area (Å²) in [6, 6.07) is 7.90. The summed E-state index contributed by atoms with van der Waals surface area (Å²) < 4.78 is 5.44. The van der Waals surface area contributed by atoms with Gasteiger partial charge in [0.2, 0.25) is 5.88 Å². The standard InChI is InChI=1S/C13H9Cl2NO3/c1-7-2-3-11(16-12(7)13(17)18)19-10-5-8(14)4-9(15)6-10/h2-6H,1H3,(H,17,18). The minimum atomic E-state index is -1.10. The van der Waals surface area contributed by atoms with E-state index in [1.165, 1.54) is 0 Å². The summed E-state index contributed by atoms with van der Waals surface area (Å²) in [5.41, 5.74) is 0.509. The van der Waals surface area contributed by atoms with Gasteiger partial charge in [0.05, 0.1) is 0 Å². The predicted octanol–water partition coefficient (Wildman–Crippen LogP) is 4.19. The number of carboxylic acids is 1. The lowest BCUT2D eigenvalue weighted by molar-refractivity contribution is 0.0688. The molecule has 0 bridgehead atoms. The maximum Gasteiger partial charge on any atom is 0.354 e. The van der Waals surface area contributed by atoms with E-state index in [-0.39, 0.29) is 11.6 Å². The normalized spacial score (nSPS) is 10.3. The van der Waals surface area contributed by atoms with E-state index < -0.39 is 5.97 Å². The van der Waals surface area contributed by atoms with E-state index in [0.717, 1.165) is 0 Å². The molecule has 0 aliphatic rings. The van der Waals surface area contributed by atoms with Crippen molar-refractivity contribution in [3.63, 3.8) is 0 Å². The van der Waals surface area contributed by atoms with Crippen LogP contribution in [0.1, 0.15) is 16.1 Å². The summed E-state index contributed by atoms with van der Waals surface area (Å²) in [6.45, 7) is 1.66. The first-order chi connectivity index (χ1) is 8.95. The summed E-state index contributed by atoms with van der Waals surface area (Å²) >= 11 is 11.7. The molecule has 2 rings (SSSR count). The van der Waals surface area contributed by atoms with Crippen molar-refractivity contribution in [3.05, 3.63) is 51.6 Å². The van der Waals surface area contributed by atoms with Gasteiger partial charge in [0.25, 0.3) is 0 Å². The average molecular weight is 298 g/mol. The van der Waals surface area contributed by atoms with Gasteiger partial charge >= 0.3 is 5.97 Å². The summed E-state index contributed by atoms with van der Waals surface area (Å²) in [6.07, 6.45) is 0. The molecule has 1 aromatic heterocycles. The summed E-state index contributed by atoms with van der Waals surface area (Å²) in [7, 11) is 0. The van der Waals surface area contributed by atoms with Crippen LogP contribution in [-0.2, 0) is 0 Å². The van der Waals surface area contributed by atoms with Crippen molar-refractivity contribution in [1.29, 1.82) is 0 Å². The fourth-order valence-corrected chi connectivity index (χ4v) is 2.00. The molecule has 98 valence electrons. The number of ether oxygens (including phenoxy) is 1. The topological polar surface area (TPSA) is 59.4 Å². The second-order valence-electron chi connectivity index (χ2n) is 3.83. The van der Waals surface area contributed by atoms with E-state index in [2.05, 4.69) is 4.98 Å². The third kappa shape index (κ3) is 3.36. The Morgan fingerprint density at radius 2 is 1.84 bits per heavy atom. The number of rotatable bonds is 3. The molecule has 2 aromatic rings. The van der Waals surface area contributed by atoms with E-state index >= 15 is 0 Å². The molecule has 6 heteroatoms. The number of nitrogens with zero attached hydrogens (tertiary/aromatic N) is 1. The molecule has 0 fully saturated rings. The third-order valence-electron chi connectivity index (χ3n) is 2.33. The Morgan fingerprint density at radius 1 is 1.21 bits per heavy atom. The van der Waals surface area contributed by atoms with Gasteiger partial charge in [-0.25, -0.2) is 9.78 Å². The molecular formula is C13H9Cl2NO3. The molecule has 0 atom stereocenters. The molecule has 0 spiro atoms. The van der Waals surface area contributed by atoms with Gasteiger partial charge in [0.1, 0.15) is 5.75 Å². The second-order valence-corrected chi connectivity index (χ2v) is 4.70. The molecule has 0 radical (unpaired) electrons.